The second-order valence-electron chi connectivity index (χ2n) is 5.43. The molecular weight excluding hydrogens is 369 g/mol. The minimum Gasteiger partial charge on any atom is -0.310 e. The van der Waals surface area contributed by atoms with E-state index in [-0.39, 0.29) is 0 Å². The average Bonchev–Trinajstić information content (AvgIpc) is 2.53. The number of benzene rings is 2. The van der Waals surface area contributed by atoms with Gasteiger partial charge in [-0.25, -0.2) is 0 Å². The molecule has 2 aromatic carbocycles. The van der Waals surface area contributed by atoms with Crippen LogP contribution in [0.25, 0.3) is 0 Å². The zero-order valence-electron chi connectivity index (χ0n) is 12.9. The van der Waals surface area contributed by atoms with Crippen molar-refractivity contribution in [1.82, 2.24) is 5.32 Å². The largest absolute Gasteiger partial charge is 0.310 e. The van der Waals surface area contributed by atoms with Crippen LogP contribution in [0.3, 0.4) is 0 Å². The third-order valence-corrected chi connectivity index (χ3v) is 4.50. The Morgan fingerprint density at radius 2 is 1.52 bits per heavy atom. The summed E-state index contributed by atoms with van der Waals surface area (Å²) >= 11 is 2.36. The van der Waals surface area contributed by atoms with Crippen LogP contribution in [0.5, 0.6) is 0 Å². The maximum atomic E-state index is 3.68. The second kappa shape index (κ2) is 8.54. The minimum atomic E-state index is 0.399. The average molecular weight is 393 g/mol. The second-order valence-corrected chi connectivity index (χ2v) is 6.68. The molecule has 0 amide bonds. The van der Waals surface area contributed by atoms with E-state index in [4.69, 9.17) is 0 Å². The van der Waals surface area contributed by atoms with Gasteiger partial charge in [0.15, 0.2) is 0 Å². The van der Waals surface area contributed by atoms with Crippen molar-refractivity contribution in [3.8, 4) is 0 Å². The van der Waals surface area contributed by atoms with Gasteiger partial charge < -0.3 is 5.32 Å². The summed E-state index contributed by atoms with van der Waals surface area (Å²) in [6.07, 6.45) is 3.31. The summed E-state index contributed by atoms with van der Waals surface area (Å²) in [6.45, 7) is 5.48. The first-order chi connectivity index (χ1) is 10.2. The first-order valence-corrected chi connectivity index (χ1v) is 8.87. The van der Waals surface area contributed by atoms with Crippen LogP contribution in [-0.2, 0) is 12.8 Å². The van der Waals surface area contributed by atoms with Gasteiger partial charge in [-0.05, 0) is 77.2 Å². The molecule has 1 unspecified atom stereocenters. The fourth-order valence-electron chi connectivity index (χ4n) is 2.47. The van der Waals surface area contributed by atoms with Gasteiger partial charge in [0, 0.05) is 9.61 Å². The van der Waals surface area contributed by atoms with Crippen LogP contribution in [0.4, 0.5) is 0 Å². The lowest BCUT2D eigenvalue weighted by Gasteiger charge is -2.19. The standard InChI is InChI=1S/C19H24IN/c1-3-13-21-19(14-16-7-11-18(20)12-8-16)17-9-5-15(4-2)6-10-17/h5-12,19,21H,3-4,13-14H2,1-2H3. The smallest absolute Gasteiger partial charge is 0.0360 e. The van der Waals surface area contributed by atoms with Gasteiger partial charge in [-0.3, -0.25) is 0 Å². The Morgan fingerprint density at radius 3 is 2.10 bits per heavy atom. The molecule has 2 heteroatoms. The number of hydrogen-bond acceptors (Lipinski definition) is 1. The van der Waals surface area contributed by atoms with Crippen molar-refractivity contribution in [2.24, 2.45) is 0 Å². The zero-order valence-corrected chi connectivity index (χ0v) is 15.1. The molecular formula is C19H24IN. The van der Waals surface area contributed by atoms with Crippen LogP contribution in [0.15, 0.2) is 48.5 Å². The lowest BCUT2D eigenvalue weighted by Crippen LogP contribution is -2.24. The third-order valence-electron chi connectivity index (χ3n) is 3.78. The van der Waals surface area contributed by atoms with Crippen LogP contribution in [-0.4, -0.2) is 6.54 Å². The van der Waals surface area contributed by atoms with Gasteiger partial charge in [0.05, 0.1) is 0 Å². The molecule has 2 rings (SSSR count). The van der Waals surface area contributed by atoms with Crippen molar-refractivity contribution < 1.29 is 0 Å². The van der Waals surface area contributed by atoms with Gasteiger partial charge >= 0.3 is 0 Å². The highest BCUT2D eigenvalue weighted by Gasteiger charge is 2.11. The molecule has 112 valence electrons. The van der Waals surface area contributed by atoms with E-state index < -0.39 is 0 Å². The van der Waals surface area contributed by atoms with E-state index in [0.29, 0.717) is 6.04 Å². The van der Waals surface area contributed by atoms with E-state index in [1.54, 1.807) is 0 Å². The molecule has 0 aliphatic heterocycles. The van der Waals surface area contributed by atoms with Gasteiger partial charge in [0.1, 0.15) is 0 Å². The van der Waals surface area contributed by atoms with Crippen LogP contribution in [0, 0.1) is 3.57 Å². The zero-order chi connectivity index (χ0) is 15.1. The summed E-state index contributed by atoms with van der Waals surface area (Å²) in [5.41, 5.74) is 4.19. The summed E-state index contributed by atoms with van der Waals surface area (Å²) in [7, 11) is 0. The first-order valence-electron chi connectivity index (χ1n) is 7.79. The molecule has 0 aromatic heterocycles. The molecule has 0 aliphatic rings. The monoisotopic (exact) mass is 393 g/mol. The highest BCUT2D eigenvalue weighted by molar-refractivity contribution is 14.1. The first kappa shape index (κ1) is 16.5. The van der Waals surface area contributed by atoms with Gasteiger partial charge in [0.25, 0.3) is 0 Å². The van der Waals surface area contributed by atoms with Gasteiger partial charge in [-0.1, -0.05) is 50.2 Å². The Bertz CT molecular complexity index is 530. The molecule has 1 atom stereocenters. The maximum absolute atomic E-state index is 3.68. The Morgan fingerprint density at radius 1 is 0.905 bits per heavy atom. The molecule has 0 aliphatic carbocycles. The highest BCUT2D eigenvalue weighted by Crippen LogP contribution is 2.20. The molecule has 0 saturated heterocycles. The van der Waals surface area contributed by atoms with Crippen molar-refractivity contribution >= 4 is 22.6 Å². The lowest BCUT2D eigenvalue weighted by molar-refractivity contribution is 0.529. The van der Waals surface area contributed by atoms with Crippen molar-refractivity contribution in [3.05, 3.63) is 68.8 Å². The summed E-state index contributed by atoms with van der Waals surface area (Å²) < 4.78 is 1.29. The molecule has 0 spiro atoms. The summed E-state index contributed by atoms with van der Waals surface area (Å²) in [5.74, 6) is 0. The summed E-state index contributed by atoms with van der Waals surface area (Å²) in [6, 6.07) is 18.3. The quantitative estimate of drug-likeness (QED) is 0.643. The predicted octanol–water partition coefficient (Wildman–Crippen LogP) is 5.14. The third kappa shape index (κ3) is 5.11. The van der Waals surface area contributed by atoms with E-state index in [1.165, 1.54) is 20.3 Å². The Kier molecular flexibility index (Phi) is 6.71. The lowest BCUT2D eigenvalue weighted by atomic mass is 9.97. The van der Waals surface area contributed by atoms with Crippen LogP contribution in [0.1, 0.15) is 43.0 Å². The number of aryl methyl sites for hydroxylation is 1. The normalized spacial score (nSPS) is 12.3. The number of rotatable bonds is 7. The summed E-state index contributed by atoms with van der Waals surface area (Å²) in [5, 5.41) is 3.68. The number of nitrogens with one attached hydrogen (secondary N) is 1. The van der Waals surface area contributed by atoms with E-state index in [9.17, 15) is 0 Å². The van der Waals surface area contributed by atoms with Gasteiger partial charge in [0.2, 0.25) is 0 Å². The van der Waals surface area contributed by atoms with Crippen molar-refractivity contribution in [1.29, 1.82) is 0 Å². The van der Waals surface area contributed by atoms with Crippen molar-refractivity contribution in [2.75, 3.05) is 6.54 Å². The van der Waals surface area contributed by atoms with E-state index in [2.05, 4.69) is 90.3 Å². The van der Waals surface area contributed by atoms with E-state index in [0.717, 1.165) is 25.8 Å². The van der Waals surface area contributed by atoms with Crippen molar-refractivity contribution in [2.45, 2.75) is 39.2 Å². The minimum absolute atomic E-state index is 0.399. The Hall–Kier alpha value is -0.870. The van der Waals surface area contributed by atoms with Crippen molar-refractivity contribution in [3.63, 3.8) is 0 Å². The van der Waals surface area contributed by atoms with Gasteiger partial charge in [-0.15, -0.1) is 0 Å². The SMILES string of the molecule is CCCNC(Cc1ccc(I)cc1)c1ccc(CC)cc1. The number of halogens is 1. The fourth-order valence-corrected chi connectivity index (χ4v) is 2.83. The van der Waals surface area contributed by atoms with E-state index >= 15 is 0 Å². The summed E-state index contributed by atoms with van der Waals surface area (Å²) in [4.78, 5) is 0. The highest BCUT2D eigenvalue weighted by atomic mass is 127. The molecule has 1 N–H and O–H groups in total. The molecule has 0 fully saturated rings. The molecule has 0 saturated carbocycles. The topological polar surface area (TPSA) is 12.0 Å². The Balaban J connectivity index is 2.14. The predicted molar refractivity (Wildman–Crippen MR) is 99.7 cm³/mol. The van der Waals surface area contributed by atoms with Gasteiger partial charge in [-0.2, -0.15) is 0 Å². The maximum Gasteiger partial charge on any atom is 0.0360 e. The fraction of sp³-hybridized carbons (Fsp3) is 0.368. The van der Waals surface area contributed by atoms with E-state index in [1.807, 2.05) is 0 Å². The molecule has 0 bridgehead atoms. The Labute approximate surface area is 142 Å². The van der Waals surface area contributed by atoms with Crippen LogP contribution < -0.4 is 5.32 Å². The molecule has 0 radical (unpaired) electrons. The van der Waals surface area contributed by atoms with Crippen LogP contribution >= 0.6 is 22.6 Å². The molecule has 0 heterocycles. The van der Waals surface area contributed by atoms with Crippen LogP contribution in [0.2, 0.25) is 0 Å². The molecule has 21 heavy (non-hydrogen) atoms. The molecule has 2 aromatic rings. The molecule has 1 nitrogen and oxygen atoms in total. The number of hydrogen-bond donors (Lipinski definition) is 1.